The molecule has 0 aliphatic heterocycles. The Hall–Kier alpha value is -1.17. The van der Waals surface area contributed by atoms with Crippen molar-refractivity contribution in [2.45, 2.75) is 44.4 Å². The van der Waals surface area contributed by atoms with Crippen molar-refractivity contribution in [2.75, 3.05) is 23.4 Å². The van der Waals surface area contributed by atoms with Crippen LogP contribution in [0.1, 0.15) is 33.1 Å². The maximum Gasteiger partial charge on any atom is 0.242 e. The van der Waals surface area contributed by atoms with Gasteiger partial charge in [0.15, 0.2) is 5.82 Å². The molecule has 106 valence electrons. The average molecular weight is 282 g/mol. The summed E-state index contributed by atoms with van der Waals surface area (Å²) in [4.78, 5) is 8.30. The summed E-state index contributed by atoms with van der Waals surface area (Å²) in [7, 11) is 0. The minimum atomic E-state index is 0.441. The molecule has 1 aliphatic rings. The number of nitrogen functional groups attached to an aromatic ring is 1. The lowest BCUT2D eigenvalue weighted by Crippen LogP contribution is -2.27. The number of aromatic nitrogens is 2. The van der Waals surface area contributed by atoms with Crippen molar-refractivity contribution in [1.82, 2.24) is 9.97 Å². The van der Waals surface area contributed by atoms with E-state index < -0.39 is 0 Å². The van der Waals surface area contributed by atoms with E-state index in [1.54, 1.807) is 0 Å². The Bertz CT molecular complexity index is 416. The summed E-state index contributed by atoms with van der Waals surface area (Å²) in [5, 5.41) is 4.11. The molecule has 2 rings (SSSR count). The van der Waals surface area contributed by atoms with E-state index >= 15 is 0 Å². The molecule has 0 amide bonds. The van der Waals surface area contributed by atoms with Crippen LogP contribution in [-0.2, 0) is 0 Å². The summed E-state index contributed by atoms with van der Waals surface area (Å²) in [6, 6.07) is 0.441. The van der Waals surface area contributed by atoms with Crippen molar-refractivity contribution >= 4 is 23.3 Å². The Labute approximate surface area is 118 Å². The summed E-state index contributed by atoms with van der Waals surface area (Å²) < 4.78 is 5.39. The lowest BCUT2D eigenvalue weighted by molar-refractivity contribution is 0.328. The molecule has 1 fully saturated rings. The number of hydrogen-bond acceptors (Lipinski definition) is 6. The van der Waals surface area contributed by atoms with Crippen molar-refractivity contribution < 1.29 is 4.74 Å². The van der Waals surface area contributed by atoms with E-state index in [4.69, 9.17) is 10.5 Å². The first-order valence-electron chi connectivity index (χ1n) is 6.87. The SMILES string of the molecule is CCOc1ncnc(NC2CCCC2SCC)c1N. The summed E-state index contributed by atoms with van der Waals surface area (Å²) in [6.07, 6.45) is 5.20. The normalized spacial score (nSPS) is 22.4. The molecule has 0 radical (unpaired) electrons. The van der Waals surface area contributed by atoms with Crippen LogP contribution in [0.5, 0.6) is 5.88 Å². The monoisotopic (exact) mass is 282 g/mol. The minimum absolute atomic E-state index is 0.441. The molecule has 19 heavy (non-hydrogen) atoms. The first-order valence-corrected chi connectivity index (χ1v) is 7.92. The molecule has 2 unspecified atom stereocenters. The van der Waals surface area contributed by atoms with E-state index in [9.17, 15) is 0 Å². The van der Waals surface area contributed by atoms with Gasteiger partial charge in [-0.05, 0) is 25.5 Å². The molecule has 3 N–H and O–H groups in total. The minimum Gasteiger partial charge on any atom is -0.476 e. The molecule has 5 nitrogen and oxygen atoms in total. The lowest BCUT2D eigenvalue weighted by Gasteiger charge is -2.21. The van der Waals surface area contributed by atoms with Crippen LogP contribution in [0.2, 0.25) is 0 Å². The quantitative estimate of drug-likeness (QED) is 0.835. The Balaban J connectivity index is 2.08. The third-order valence-corrected chi connectivity index (χ3v) is 4.61. The maximum atomic E-state index is 6.05. The second kappa shape index (κ2) is 6.84. The van der Waals surface area contributed by atoms with Gasteiger partial charge in [0.05, 0.1) is 6.61 Å². The Kier molecular flexibility index (Phi) is 5.13. The van der Waals surface area contributed by atoms with Gasteiger partial charge in [0.25, 0.3) is 0 Å². The molecule has 0 aromatic carbocycles. The molecule has 1 saturated carbocycles. The highest BCUT2D eigenvalue weighted by Gasteiger charge is 2.28. The third-order valence-electron chi connectivity index (χ3n) is 3.28. The summed E-state index contributed by atoms with van der Waals surface area (Å²) in [5.41, 5.74) is 6.56. The zero-order chi connectivity index (χ0) is 13.7. The number of hydrogen-bond donors (Lipinski definition) is 2. The van der Waals surface area contributed by atoms with Gasteiger partial charge >= 0.3 is 0 Å². The number of ether oxygens (including phenoxy) is 1. The number of nitrogens with one attached hydrogen (secondary N) is 1. The first-order chi connectivity index (χ1) is 9.26. The third kappa shape index (κ3) is 3.43. The van der Waals surface area contributed by atoms with Crippen molar-refractivity contribution in [1.29, 1.82) is 0 Å². The topological polar surface area (TPSA) is 73.1 Å². The van der Waals surface area contributed by atoms with Crippen LogP contribution in [-0.4, -0.2) is 33.6 Å². The van der Waals surface area contributed by atoms with Crippen LogP contribution < -0.4 is 15.8 Å². The Morgan fingerprint density at radius 2 is 2.26 bits per heavy atom. The van der Waals surface area contributed by atoms with Gasteiger partial charge in [0, 0.05) is 11.3 Å². The van der Waals surface area contributed by atoms with Crippen LogP contribution in [0.3, 0.4) is 0 Å². The number of nitrogens with zero attached hydrogens (tertiary/aromatic N) is 2. The predicted molar refractivity (Wildman–Crippen MR) is 80.8 cm³/mol. The molecular formula is C13H22N4OS. The van der Waals surface area contributed by atoms with Crippen LogP contribution >= 0.6 is 11.8 Å². The van der Waals surface area contributed by atoms with E-state index in [0.717, 1.165) is 5.75 Å². The van der Waals surface area contributed by atoms with Gasteiger partial charge in [0.1, 0.15) is 12.0 Å². The molecule has 2 atom stereocenters. The maximum absolute atomic E-state index is 6.05. The fraction of sp³-hybridized carbons (Fsp3) is 0.692. The van der Waals surface area contributed by atoms with E-state index in [1.807, 2.05) is 18.7 Å². The van der Waals surface area contributed by atoms with Gasteiger partial charge in [-0.15, -0.1) is 0 Å². The van der Waals surface area contributed by atoms with Gasteiger partial charge in [-0.3, -0.25) is 0 Å². The van der Waals surface area contributed by atoms with Crippen LogP contribution in [0.15, 0.2) is 6.33 Å². The van der Waals surface area contributed by atoms with Gasteiger partial charge in [0.2, 0.25) is 5.88 Å². The molecule has 1 aromatic heterocycles. The second-order valence-corrected chi connectivity index (χ2v) is 6.07. The van der Waals surface area contributed by atoms with Gasteiger partial charge in [-0.1, -0.05) is 13.3 Å². The fourth-order valence-electron chi connectivity index (χ4n) is 2.43. The second-order valence-electron chi connectivity index (χ2n) is 4.55. The highest BCUT2D eigenvalue weighted by Crippen LogP contribution is 2.34. The largest absolute Gasteiger partial charge is 0.476 e. The molecule has 1 aliphatic carbocycles. The van der Waals surface area contributed by atoms with E-state index in [-0.39, 0.29) is 0 Å². The van der Waals surface area contributed by atoms with Crippen molar-refractivity contribution in [3.05, 3.63) is 6.33 Å². The Morgan fingerprint density at radius 3 is 3.00 bits per heavy atom. The van der Waals surface area contributed by atoms with Crippen LogP contribution in [0.4, 0.5) is 11.5 Å². The van der Waals surface area contributed by atoms with Crippen molar-refractivity contribution in [2.24, 2.45) is 0 Å². The standard InChI is InChI=1S/C13H22N4OS/c1-3-18-13-11(14)12(15-8-16-13)17-9-6-5-7-10(9)19-4-2/h8-10H,3-7,14H2,1-2H3,(H,15,16,17). The predicted octanol–water partition coefficient (Wildman–Crippen LogP) is 2.54. The smallest absolute Gasteiger partial charge is 0.242 e. The number of nitrogens with two attached hydrogens (primary N) is 1. The van der Waals surface area contributed by atoms with E-state index in [2.05, 4.69) is 22.2 Å². The zero-order valence-corrected chi connectivity index (χ0v) is 12.4. The van der Waals surface area contributed by atoms with Gasteiger partial charge in [-0.25, -0.2) is 4.98 Å². The van der Waals surface area contributed by atoms with Gasteiger partial charge < -0.3 is 15.8 Å². The molecule has 1 heterocycles. The van der Waals surface area contributed by atoms with Crippen molar-refractivity contribution in [3.63, 3.8) is 0 Å². The molecule has 1 aromatic rings. The Morgan fingerprint density at radius 1 is 1.42 bits per heavy atom. The molecule has 0 bridgehead atoms. The molecule has 0 spiro atoms. The fourth-order valence-corrected chi connectivity index (χ4v) is 3.62. The first kappa shape index (κ1) is 14.2. The number of rotatable bonds is 6. The summed E-state index contributed by atoms with van der Waals surface area (Å²) in [5.74, 6) is 2.32. The van der Waals surface area contributed by atoms with Crippen LogP contribution in [0.25, 0.3) is 0 Å². The van der Waals surface area contributed by atoms with E-state index in [0.29, 0.717) is 35.3 Å². The zero-order valence-electron chi connectivity index (χ0n) is 11.6. The molecule has 0 saturated heterocycles. The highest BCUT2D eigenvalue weighted by molar-refractivity contribution is 7.99. The van der Waals surface area contributed by atoms with Gasteiger partial charge in [-0.2, -0.15) is 16.7 Å². The molecular weight excluding hydrogens is 260 g/mol. The molecule has 6 heteroatoms. The van der Waals surface area contributed by atoms with Crippen LogP contribution in [0, 0.1) is 0 Å². The number of thioether (sulfide) groups is 1. The van der Waals surface area contributed by atoms with Crippen molar-refractivity contribution in [3.8, 4) is 5.88 Å². The number of anilines is 2. The highest BCUT2D eigenvalue weighted by atomic mass is 32.2. The average Bonchev–Trinajstić information content (AvgIpc) is 2.82. The lowest BCUT2D eigenvalue weighted by atomic mass is 10.2. The van der Waals surface area contributed by atoms with E-state index in [1.165, 1.54) is 25.6 Å². The summed E-state index contributed by atoms with van der Waals surface area (Å²) >= 11 is 2.01. The summed E-state index contributed by atoms with van der Waals surface area (Å²) in [6.45, 7) is 4.67.